The van der Waals surface area contributed by atoms with E-state index >= 15 is 0 Å². The van der Waals surface area contributed by atoms with Crippen molar-refractivity contribution in [3.8, 4) is 23.3 Å². The van der Waals surface area contributed by atoms with Gasteiger partial charge in [-0.3, -0.25) is 14.6 Å². The summed E-state index contributed by atoms with van der Waals surface area (Å²) in [6.45, 7) is 3.58. The Labute approximate surface area is 252 Å². The Morgan fingerprint density at radius 1 is 0.902 bits per heavy atom. The molecule has 9 heteroatoms. The summed E-state index contributed by atoms with van der Waals surface area (Å²) in [5.74, 6) is 0.413. The second-order valence-corrected chi connectivity index (χ2v) is 12.3. The second kappa shape index (κ2) is 13.1. The first-order valence-corrected chi connectivity index (χ1v) is 15.4. The lowest BCUT2D eigenvalue weighted by molar-refractivity contribution is 0.0630. The molecule has 0 spiro atoms. The molecule has 1 aliphatic carbocycles. The minimum atomic E-state index is -1.17. The van der Waals surface area contributed by atoms with Crippen molar-refractivity contribution >= 4 is 29.1 Å². The Hall–Kier alpha value is -2.68. The zero-order chi connectivity index (χ0) is 29.0. The lowest BCUT2D eigenvalue weighted by Gasteiger charge is -2.36. The SMILES string of the molecule is N#CC1(C#N)C(C2CCCCC2)CCN1Cc1c(Cl)cc(-c2ccc(C(=O)N3CCN(CCF)CC3)cc2)cc1Cl. The topological polar surface area (TPSA) is 74.4 Å². The number of benzene rings is 2. The van der Waals surface area contributed by atoms with Gasteiger partial charge in [0.25, 0.3) is 5.91 Å². The molecule has 2 heterocycles. The second-order valence-electron chi connectivity index (χ2n) is 11.5. The highest BCUT2D eigenvalue weighted by Gasteiger charge is 2.53. The van der Waals surface area contributed by atoms with Crippen LogP contribution in [0.3, 0.4) is 0 Å². The third-order valence-corrected chi connectivity index (χ3v) is 10.00. The Bertz CT molecular complexity index is 1290. The molecule has 3 fully saturated rings. The number of rotatable bonds is 7. The summed E-state index contributed by atoms with van der Waals surface area (Å²) in [6, 6.07) is 15.9. The Morgan fingerprint density at radius 3 is 2.12 bits per heavy atom. The molecule has 1 unspecified atom stereocenters. The first-order chi connectivity index (χ1) is 19.9. The third kappa shape index (κ3) is 6.11. The molecule has 2 aromatic rings. The van der Waals surface area contributed by atoms with Crippen LogP contribution in [-0.4, -0.2) is 72.1 Å². The Kier molecular flexibility index (Phi) is 9.52. The predicted molar refractivity (Wildman–Crippen MR) is 159 cm³/mol. The van der Waals surface area contributed by atoms with Gasteiger partial charge in [-0.15, -0.1) is 0 Å². The van der Waals surface area contributed by atoms with E-state index in [9.17, 15) is 19.7 Å². The smallest absolute Gasteiger partial charge is 0.253 e. The molecular formula is C32H36Cl2FN5O. The van der Waals surface area contributed by atoms with E-state index in [1.807, 2.05) is 51.1 Å². The maximum atomic E-state index is 13.0. The summed E-state index contributed by atoms with van der Waals surface area (Å²) in [4.78, 5) is 18.8. The average molecular weight is 597 g/mol. The molecule has 2 aliphatic heterocycles. The monoisotopic (exact) mass is 595 g/mol. The highest BCUT2D eigenvalue weighted by molar-refractivity contribution is 6.36. The lowest BCUT2D eigenvalue weighted by Crippen LogP contribution is -2.49. The number of alkyl halides is 1. The summed E-state index contributed by atoms with van der Waals surface area (Å²) < 4.78 is 12.6. The first-order valence-electron chi connectivity index (χ1n) is 14.6. The fraction of sp³-hybridized carbons (Fsp3) is 0.531. The number of nitriles is 2. The maximum Gasteiger partial charge on any atom is 0.253 e. The van der Waals surface area contributed by atoms with Crippen molar-refractivity contribution in [2.24, 2.45) is 11.8 Å². The van der Waals surface area contributed by atoms with Gasteiger partial charge in [-0.05, 0) is 47.7 Å². The molecule has 6 nitrogen and oxygen atoms in total. The minimum Gasteiger partial charge on any atom is -0.336 e. The maximum absolute atomic E-state index is 13.0. The standard InChI is InChI=1S/C32H36Cl2FN5O/c33-29-18-26(23-6-8-25(9-7-23)31(41)39-16-14-38(13-11-35)15-17-39)19-30(34)27(29)20-40-12-10-28(32(40,21-36)22-37)24-4-2-1-3-5-24/h6-9,18-19,24,28H,1-5,10-17,20H2. The number of hydrogen-bond acceptors (Lipinski definition) is 5. The summed E-state index contributed by atoms with van der Waals surface area (Å²) in [5.41, 5.74) is 1.86. The molecule has 1 amide bonds. The van der Waals surface area contributed by atoms with Crippen molar-refractivity contribution in [2.75, 3.05) is 45.9 Å². The van der Waals surface area contributed by atoms with Gasteiger partial charge in [0.2, 0.25) is 0 Å². The summed E-state index contributed by atoms with van der Waals surface area (Å²) in [5, 5.41) is 21.5. The van der Waals surface area contributed by atoms with Crippen LogP contribution in [0.5, 0.6) is 0 Å². The largest absolute Gasteiger partial charge is 0.336 e. The van der Waals surface area contributed by atoms with Gasteiger partial charge in [0.15, 0.2) is 5.54 Å². The highest BCUT2D eigenvalue weighted by atomic mass is 35.5. The van der Waals surface area contributed by atoms with Crippen LogP contribution >= 0.6 is 23.2 Å². The Morgan fingerprint density at radius 2 is 1.54 bits per heavy atom. The van der Waals surface area contributed by atoms with Crippen molar-refractivity contribution in [2.45, 2.75) is 50.6 Å². The number of carbonyl (C=O) groups excluding carboxylic acids is 1. The van der Waals surface area contributed by atoms with Gasteiger partial charge in [-0.1, -0.05) is 67.4 Å². The fourth-order valence-corrected chi connectivity index (χ4v) is 7.56. The van der Waals surface area contributed by atoms with Crippen LogP contribution in [0.2, 0.25) is 10.0 Å². The number of amides is 1. The Balaban J connectivity index is 1.29. The molecule has 0 bridgehead atoms. The zero-order valence-electron chi connectivity index (χ0n) is 23.3. The molecule has 0 aromatic heterocycles. The molecule has 5 rings (SSSR count). The number of likely N-dealkylation sites (tertiary alicyclic amines) is 1. The van der Waals surface area contributed by atoms with Crippen molar-refractivity contribution in [1.29, 1.82) is 10.5 Å². The van der Waals surface area contributed by atoms with Gasteiger partial charge < -0.3 is 4.90 Å². The van der Waals surface area contributed by atoms with Gasteiger partial charge in [0, 0.05) is 72.9 Å². The number of piperazine rings is 1. The van der Waals surface area contributed by atoms with Gasteiger partial charge >= 0.3 is 0 Å². The number of carbonyl (C=O) groups is 1. The lowest BCUT2D eigenvalue weighted by atomic mass is 9.71. The minimum absolute atomic E-state index is 0.0292. The molecule has 216 valence electrons. The van der Waals surface area contributed by atoms with E-state index in [4.69, 9.17) is 23.2 Å². The van der Waals surface area contributed by atoms with E-state index < -0.39 is 5.54 Å². The van der Waals surface area contributed by atoms with Gasteiger partial charge in [0.05, 0.1) is 0 Å². The van der Waals surface area contributed by atoms with Gasteiger partial charge in [0.1, 0.15) is 18.8 Å². The van der Waals surface area contributed by atoms with E-state index in [1.54, 1.807) is 0 Å². The van der Waals surface area contributed by atoms with Crippen LogP contribution in [0.15, 0.2) is 36.4 Å². The van der Waals surface area contributed by atoms with Crippen molar-refractivity contribution in [3.63, 3.8) is 0 Å². The van der Waals surface area contributed by atoms with Crippen molar-refractivity contribution < 1.29 is 9.18 Å². The number of nitrogens with zero attached hydrogens (tertiary/aromatic N) is 5. The molecule has 1 saturated carbocycles. The van der Waals surface area contributed by atoms with Crippen LogP contribution in [0.1, 0.15) is 54.4 Å². The highest BCUT2D eigenvalue weighted by Crippen LogP contribution is 2.46. The molecular weight excluding hydrogens is 560 g/mol. The fourth-order valence-electron chi connectivity index (χ4n) is 6.96. The van der Waals surface area contributed by atoms with Crippen LogP contribution in [-0.2, 0) is 6.54 Å². The molecule has 3 aliphatic rings. The van der Waals surface area contributed by atoms with Crippen LogP contribution < -0.4 is 0 Å². The number of hydrogen-bond donors (Lipinski definition) is 0. The van der Waals surface area contributed by atoms with Crippen molar-refractivity contribution in [1.82, 2.24) is 14.7 Å². The number of halogens is 3. The summed E-state index contributed by atoms with van der Waals surface area (Å²) in [6.07, 6.45) is 6.57. The summed E-state index contributed by atoms with van der Waals surface area (Å²) >= 11 is 13.6. The molecule has 41 heavy (non-hydrogen) atoms. The van der Waals surface area contributed by atoms with Crippen LogP contribution in [0.25, 0.3) is 11.1 Å². The molecule has 0 N–H and O–H groups in total. The van der Waals surface area contributed by atoms with E-state index in [2.05, 4.69) is 12.1 Å². The quantitative estimate of drug-likeness (QED) is 0.361. The normalized spacial score (nSPS) is 21.9. The van der Waals surface area contributed by atoms with Crippen LogP contribution in [0, 0.1) is 34.5 Å². The first kappa shape index (κ1) is 29.8. The molecule has 2 aromatic carbocycles. The van der Waals surface area contributed by atoms with Crippen molar-refractivity contribution in [3.05, 3.63) is 57.6 Å². The van der Waals surface area contributed by atoms with E-state index in [0.717, 1.165) is 36.0 Å². The predicted octanol–water partition coefficient (Wildman–Crippen LogP) is 6.58. The van der Waals surface area contributed by atoms with Crippen LogP contribution in [0.4, 0.5) is 4.39 Å². The van der Waals surface area contributed by atoms with E-state index in [-0.39, 0.29) is 18.5 Å². The van der Waals surface area contributed by atoms with Gasteiger partial charge in [-0.25, -0.2) is 4.39 Å². The van der Waals surface area contributed by atoms with Gasteiger partial charge in [-0.2, -0.15) is 10.5 Å². The zero-order valence-corrected chi connectivity index (χ0v) is 24.8. The third-order valence-electron chi connectivity index (χ3n) is 9.32. The van der Waals surface area contributed by atoms with E-state index in [0.29, 0.717) is 67.3 Å². The molecule has 0 radical (unpaired) electrons. The van der Waals surface area contributed by atoms with E-state index in [1.165, 1.54) is 19.3 Å². The molecule has 2 saturated heterocycles. The molecule has 1 atom stereocenters. The average Bonchev–Trinajstić information content (AvgIpc) is 3.37. The summed E-state index contributed by atoms with van der Waals surface area (Å²) in [7, 11) is 0.